The van der Waals surface area contributed by atoms with Crippen molar-refractivity contribution in [1.82, 2.24) is 0 Å². The molecule has 0 aliphatic carbocycles. The minimum atomic E-state index is -0.100. The van der Waals surface area contributed by atoms with Crippen LogP contribution in [0.3, 0.4) is 0 Å². The molecule has 0 saturated heterocycles. The Labute approximate surface area is 153 Å². The fourth-order valence-electron chi connectivity index (χ4n) is 2.54. The van der Waals surface area contributed by atoms with Crippen LogP contribution in [0.25, 0.3) is 6.08 Å². The summed E-state index contributed by atoms with van der Waals surface area (Å²) in [6, 6.07) is 24.7. The molecule has 0 fully saturated rings. The summed E-state index contributed by atoms with van der Waals surface area (Å²) >= 11 is 0. The van der Waals surface area contributed by atoms with E-state index in [1.54, 1.807) is 25.3 Å². The molecule has 3 nitrogen and oxygen atoms in total. The molecule has 0 saturated carbocycles. The highest BCUT2D eigenvalue weighted by Crippen LogP contribution is 2.21. The number of allylic oxidation sites excluding steroid dienone is 1. The van der Waals surface area contributed by atoms with Gasteiger partial charge in [0.05, 0.1) is 12.7 Å². The van der Waals surface area contributed by atoms with Crippen LogP contribution in [-0.2, 0) is 6.61 Å². The van der Waals surface area contributed by atoms with Crippen molar-refractivity contribution in [2.45, 2.75) is 6.61 Å². The van der Waals surface area contributed by atoms with Crippen LogP contribution in [0, 0.1) is 0 Å². The SMILES string of the molecule is COc1cccc(/C=C/C(=O)c2ccccc2OCc2ccccc2)c1. The van der Waals surface area contributed by atoms with Crippen molar-refractivity contribution in [3.63, 3.8) is 0 Å². The molecule has 0 atom stereocenters. The molecule has 0 aliphatic rings. The molecule has 0 radical (unpaired) electrons. The van der Waals surface area contributed by atoms with Gasteiger partial charge in [0.15, 0.2) is 5.78 Å². The molecule has 0 aromatic heterocycles. The van der Waals surface area contributed by atoms with Crippen LogP contribution in [0.5, 0.6) is 11.5 Å². The molecular weight excluding hydrogens is 324 g/mol. The van der Waals surface area contributed by atoms with Crippen LogP contribution in [-0.4, -0.2) is 12.9 Å². The summed E-state index contributed by atoms with van der Waals surface area (Å²) in [4.78, 5) is 12.6. The lowest BCUT2D eigenvalue weighted by atomic mass is 10.1. The minimum Gasteiger partial charge on any atom is -0.497 e. The predicted molar refractivity (Wildman–Crippen MR) is 104 cm³/mol. The van der Waals surface area contributed by atoms with Crippen molar-refractivity contribution >= 4 is 11.9 Å². The quantitative estimate of drug-likeness (QED) is 0.438. The number of ether oxygens (including phenoxy) is 2. The second kappa shape index (κ2) is 8.67. The van der Waals surface area contributed by atoms with E-state index >= 15 is 0 Å². The Bertz CT molecular complexity index is 898. The van der Waals surface area contributed by atoms with Gasteiger partial charge >= 0.3 is 0 Å². The van der Waals surface area contributed by atoms with Crippen molar-refractivity contribution in [2.24, 2.45) is 0 Å². The number of para-hydroxylation sites is 1. The Morgan fingerprint density at radius 1 is 0.923 bits per heavy atom. The number of hydrogen-bond donors (Lipinski definition) is 0. The lowest BCUT2D eigenvalue weighted by molar-refractivity contribution is 0.104. The summed E-state index contributed by atoms with van der Waals surface area (Å²) in [6.07, 6.45) is 3.33. The maximum absolute atomic E-state index is 12.6. The molecular formula is C23H20O3. The number of ketones is 1. The summed E-state index contributed by atoms with van der Waals surface area (Å²) in [7, 11) is 1.62. The third-order valence-electron chi connectivity index (χ3n) is 3.91. The van der Waals surface area contributed by atoms with E-state index in [0.717, 1.165) is 16.9 Å². The molecule has 0 amide bonds. The summed E-state index contributed by atoms with van der Waals surface area (Å²) in [5.41, 5.74) is 2.50. The van der Waals surface area contributed by atoms with Crippen molar-refractivity contribution in [2.75, 3.05) is 7.11 Å². The predicted octanol–water partition coefficient (Wildman–Crippen LogP) is 5.17. The van der Waals surface area contributed by atoms with Gasteiger partial charge in [-0.1, -0.05) is 60.7 Å². The molecule has 3 heteroatoms. The fraction of sp³-hybridized carbons (Fsp3) is 0.0870. The average Bonchev–Trinajstić information content (AvgIpc) is 2.71. The first-order chi connectivity index (χ1) is 12.8. The van der Waals surface area contributed by atoms with Gasteiger partial charge in [-0.15, -0.1) is 0 Å². The van der Waals surface area contributed by atoms with Crippen molar-refractivity contribution < 1.29 is 14.3 Å². The van der Waals surface area contributed by atoms with Gasteiger partial charge in [0.2, 0.25) is 0 Å². The Morgan fingerprint density at radius 2 is 1.69 bits per heavy atom. The lowest BCUT2D eigenvalue weighted by Crippen LogP contribution is -2.02. The number of benzene rings is 3. The highest BCUT2D eigenvalue weighted by atomic mass is 16.5. The minimum absolute atomic E-state index is 0.100. The van der Waals surface area contributed by atoms with Crippen molar-refractivity contribution in [3.05, 3.63) is 102 Å². The topological polar surface area (TPSA) is 35.5 Å². The van der Waals surface area contributed by atoms with E-state index in [-0.39, 0.29) is 5.78 Å². The smallest absolute Gasteiger partial charge is 0.189 e. The van der Waals surface area contributed by atoms with Gasteiger partial charge < -0.3 is 9.47 Å². The third-order valence-corrected chi connectivity index (χ3v) is 3.91. The molecule has 3 aromatic rings. The second-order valence-corrected chi connectivity index (χ2v) is 5.74. The summed E-state index contributed by atoms with van der Waals surface area (Å²) in [5.74, 6) is 1.24. The Kier molecular flexibility index (Phi) is 5.84. The summed E-state index contributed by atoms with van der Waals surface area (Å²) in [6.45, 7) is 0.421. The van der Waals surface area contributed by atoms with Crippen molar-refractivity contribution in [3.8, 4) is 11.5 Å². The van der Waals surface area contributed by atoms with E-state index in [4.69, 9.17) is 9.47 Å². The van der Waals surface area contributed by atoms with Gasteiger partial charge in [-0.3, -0.25) is 4.79 Å². The first-order valence-electron chi connectivity index (χ1n) is 8.38. The Morgan fingerprint density at radius 3 is 2.50 bits per heavy atom. The van der Waals surface area contributed by atoms with Gasteiger partial charge in [-0.2, -0.15) is 0 Å². The maximum atomic E-state index is 12.6. The average molecular weight is 344 g/mol. The van der Waals surface area contributed by atoms with Crippen LogP contribution in [0.1, 0.15) is 21.5 Å². The largest absolute Gasteiger partial charge is 0.497 e. The number of methoxy groups -OCH3 is 1. The van der Waals surface area contributed by atoms with Gasteiger partial charge in [0.25, 0.3) is 0 Å². The van der Waals surface area contributed by atoms with Crippen LogP contribution < -0.4 is 9.47 Å². The molecule has 0 heterocycles. The number of carbonyl (C=O) groups is 1. The molecule has 0 aliphatic heterocycles. The Hall–Kier alpha value is -3.33. The standard InChI is InChI=1S/C23H20O3/c1-25-20-11-7-10-18(16-20)14-15-22(24)21-12-5-6-13-23(21)26-17-19-8-3-2-4-9-19/h2-16H,17H2,1H3/b15-14+. The first kappa shape index (κ1) is 17.5. The van der Waals surface area contributed by atoms with Crippen LogP contribution in [0.4, 0.5) is 0 Å². The van der Waals surface area contributed by atoms with Crippen LogP contribution in [0.15, 0.2) is 84.9 Å². The summed E-state index contributed by atoms with van der Waals surface area (Å²) < 4.78 is 11.1. The highest BCUT2D eigenvalue weighted by Gasteiger charge is 2.09. The van der Waals surface area contributed by atoms with E-state index in [2.05, 4.69) is 0 Å². The number of rotatable bonds is 7. The molecule has 0 bridgehead atoms. The second-order valence-electron chi connectivity index (χ2n) is 5.74. The zero-order chi connectivity index (χ0) is 18.2. The zero-order valence-electron chi connectivity index (χ0n) is 14.6. The third kappa shape index (κ3) is 4.61. The first-order valence-corrected chi connectivity index (χ1v) is 8.38. The van der Waals surface area contributed by atoms with Gasteiger partial charge in [0.1, 0.15) is 18.1 Å². The van der Waals surface area contributed by atoms with E-state index in [1.807, 2.05) is 72.8 Å². The van der Waals surface area contributed by atoms with E-state index in [0.29, 0.717) is 17.9 Å². The Balaban J connectivity index is 1.73. The molecule has 3 rings (SSSR count). The van der Waals surface area contributed by atoms with E-state index in [1.165, 1.54) is 0 Å². The molecule has 3 aromatic carbocycles. The van der Waals surface area contributed by atoms with Crippen molar-refractivity contribution in [1.29, 1.82) is 0 Å². The number of carbonyl (C=O) groups excluding carboxylic acids is 1. The fourth-order valence-corrected chi connectivity index (χ4v) is 2.54. The van der Waals surface area contributed by atoms with E-state index in [9.17, 15) is 4.79 Å². The molecule has 0 spiro atoms. The highest BCUT2D eigenvalue weighted by molar-refractivity contribution is 6.08. The monoisotopic (exact) mass is 344 g/mol. The molecule has 0 unspecified atom stereocenters. The molecule has 26 heavy (non-hydrogen) atoms. The molecule has 0 N–H and O–H groups in total. The van der Waals surface area contributed by atoms with Gasteiger partial charge in [0, 0.05) is 0 Å². The maximum Gasteiger partial charge on any atom is 0.189 e. The normalized spacial score (nSPS) is 10.7. The van der Waals surface area contributed by atoms with Gasteiger partial charge in [-0.25, -0.2) is 0 Å². The van der Waals surface area contributed by atoms with Crippen LogP contribution in [0.2, 0.25) is 0 Å². The van der Waals surface area contributed by atoms with Crippen LogP contribution >= 0.6 is 0 Å². The number of hydrogen-bond acceptors (Lipinski definition) is 3. The lowest BCUT2D eigenvalue weighted by Gasteiger charge is -2.09. The van der Waals surface area contributed by atoms with Gasteiger partial charge in [-0.05, 0) is 41.5 Å². The van der Waals surface area contributed by atoms with E-state index < -0.39 is 0 Å². The summed E-state index contributed by atoms with van der Waals surface area (Å²) in [5, 5.41) is 0. The molecule has 130 valence electrons. The zero-order valence-corrected chi connectivity index (χ0v) is 14.6.